The summed E-state index contributed by atoms with van der Waals surface area (Å²) < 4.78 is 5.92. The Bertz CT molecular complexity index is 574. The molecule has 1 aromatic rings. The lowest BCUT2D eigenvalue weighted by molar-refractivity contribution is -0.128. The second-order valence-corrected chi connectivity index (χ2v) is 6.25. The molecule has 1 aliphatic carbocycles. The van der Waals surface area contributed by atoms with Crippen LogP contribution < -0.4 is 15.4 Å². The molecule has 1 saturated carbocycles. The normalized spacial score (nSPS) is 13.6. The van der Waals surface area contributed by atoms with Gasteiger partial charge < -0.3 is 20.3 Å². The fraction of sp³-hybridized carbons (Fsp3) is 0.556. The van der Waals surface area contributed by atoms with Crippen molar-refractivity contribution in [3.05, 3.63) is 29.8 Å². The first kappa shape index (κ1) is 21.5. The Balaban J connectivity index is 0.00000312. The SMILES string of the molecule is CN=C(NCCC(=O)N(C)C)NCc1ccccc1OCC1CC1.I. The molecule has 2 rings (SSSR count). The minimum Gasteiger partial charge on any atom is -0.493 e. The van der Waals surface area contributed by atoms with Crippen molar-refractivity contribution in [2.75, 3.05) is 34.3 Å². The first-order valence-corrected chi connectivity index (χ1v) is 8.45. The van der Waals surface area contributed by atoms with Crippen molar-refractivity contribution < 1.29 is 9.53 Å². The molecule has 7 heteroatoms. The molecule has 0 spiro atoms. The van der Waals surface area contributed by atoms with Crippen molar-refractivity contribution in [1.29, 1.82) is 0 Å². The number of halogens is 1. The van der Waals surface area contributed by atoms with Gasteiger partial charge in [0.05, 0.1) is 6.61 Å². The van der Waals surface area contributed by atoms with Crippen LogP contribution in [0.4, 0.5) is 0 Å². The van der Waals surface area contributed by atoms with Crippen molar-refractivity contribution >= 4 is 35.8 Å². The smallest absolute Gasteiger partial charge is 0.223 e. The molecule has 0 aliphatic heterocycles. The topological polar surface area (TPSA) is 66.0 Å². The molecule has 1 fully saturated rings. The maximum absolute atomic E-state index is 11.6. The van der Waals surface area contributed by atoms with Crippen molar-refractivity contribution in [3.63, 3.8) is 0 Å². The number of carbonyl (C=O) groups excluding carboxylic acids is 1. The highest BCUT2D eigenvalue weighted by Crippen LogP contribution is 2.30. The van der Waals surface area contributed by atoms with Gasteiger partial charge in [0, 0.05) is 46.2 Å². The zero-order valence-corrected chi connectivity index (χ0v) is 17.6. The molecule has 2 N–H and O–H groups in total. The molecule has 1 amide bonds. The number of carbonyl (C=O) groups is 1. The lowest BCUT2D eigenvalue weighted by Crippen LogP contribution is -2.38. The van der Waals surface area contributed by atoms with Crippen molar-refractivity contribution in [2.45, 2.75) is 25.8 Å². The number of hydrogen-bond donors (Lipinski definition) is 2. The largest absolute Gasteiger partial charge is 0.493 e. The van der Waals surface area contributed by atoms with Crippen LogP contribution in [-0.2, 0) is 11.3 Å². The zero-order valence-electron chi connectivity index (χ0n) is 15.2. The Kier molecular flexibility index (Phi) is 9.62. The highest BCUT2D eigenvalue weighted by atomic mass is 127. The van der Waals surface area contributed by atoms with Gasteiger partial charge in [-0.05, 0) is 24.8 Å². The summed E-state index contributed by atoms with van der Waals surface area (Å²) in [4.78, 5) is 17.4. The molecule has 0 bridgehead atoms. The maximum atomic E-state index is 11.6. The number of hydrogen-bond acceptors (Lipinski definition) is 3. The number of ether oxygens (including phenoxy) is 1. The van der Waals surface area contributed by atoms with Crippen LogP contribution in [0, 0.1) is 5.92 Å². The number of guanidine groups is 1. The third kappa shape index (κ3) is 7.94. The number of amides is 1. The van der Waals surface area contributed by atoms with Gasteiger partial charge in [0.25, 0.3) is 0 Å². The highest BCUT2D eigenvalue weighted by Gasteiger charge is 2.22. The molecular weight excluding hydrogens is 431 g/mol. The van der Waals surface area contributed by atoms with Gasteiger partial charge in [-0.25, -0.2) is 0 Å². The van der Waals surface area contributed by atoms with E-state index in [1.807, 2.05) is 18.2 Å². The summed E-state index contributed by atoms with van der Waals surface area (Å²) in [5.41, 5.74) is 1.10. The van der Waals surface area contributed by atoms with Crippen LogP contribution in [-0.4, -0.2) is 51.1 Å². The second-order valence-electron chi connectivity index (χ2n) is 6.25. The van der Waals surface area contributed by atoms with Crippen LogP contribution in [0.2, 0.25) is 0 Å². The van der Waals surface area contributed by atoms with E-state index in [4.69, 9.17) is 4.74 Å². The van der Waals surface area contributed by atoms with Crippen LogP contribution in [0.1, 0.15) is 24.8 Å². The zero-order chi connectivity index (χ0) is 17.4. The van der Waals surface area contributed by atoms with Crippen LogP contribution in [0.3, 0.4) is 0 Å². The quantitative estimate of drug-likeness (QED) is 0.355. The van der Waals surface area contributed by atoms with Crippen molar-refractivity contribution in [2.24, 2.45) is 10.9 Å². The highest BCUT2D eigenvalue weighted by molar-refractivity contribution is 14.0. The maximum Gasteiger partial charge on any atom is 0.223 e. The number of nitrogens with zero attached hydrogens (tertiary/aromatic N) is 2. The van der Waals surface area contributed by atoms with Gasteiger partial charge in [-0.2, -0.15) is 0 Å². The van der Waals surface area contributed by atoms with Gasteiger partial charge in [-0.1, -0.05) is 18.2 Å². The first-order chi connectivity index (χ1) is 11.6. The fourth-order valence-electron chi connectivity index (χ4n) is 2.19. The third-order valence-corrected chi connectivity index (χ3v) is 3.94. The Morgan fingerprint density at radius 2 is 2.00 bits per heavy atom. The predicted molar refractivity (Wildman–Crippen MR) is 112 cm³/mol. The number of aliphatic imine (C=N–C) groups is 1. The summed E-state index contributed by atoms with van der Waals surface area (Å²) in [7, 11) is 5.24. The Morgan fingerprint density at radius 1 is 1.28 bits per heavy atom. The number of nitrogens with one attached hydrogen (secondary N) is 2. The molecule has 0 unspecified atom stereocenters. The van der Waals surface area contributed by atoms with Crippen LogP contribution >= 0.6 is 24.0 Å². The van der Waals surface area contributed by atoms with E-state index in [9.17, 15) is 4.79 Å². The van der Waals surface area contributed by atoms with E-state index >= 15 is 0 Å². The molecule has 6 nitrogen and oxygen atoms in total. The fourth-order valence-corrected chi connectivity index (χ4v) is 2.19. The minimum absolute atomic E-state index is 0. The second kappa shape index (κ2) is 11.2. The monoisotopic (exact) mass is 460 g/mol. The standard InChI is InChI=1S/C18H28N4O2.HI/c1-19-18(20-11-10-17(23)22(2)3)21-12-15-6-4-5-7-16(15)24-13-14-8-9-14;/h4-7,14H,8-13H2,1-3H3,(H2,19,20,21);1H. The summed E-state index contributed by atoms with van der Waals surface area (Å²) in [6.07, 6.45) is 3.00. The van der Waals surface area contributed by atoms with Crippen molar-refractivity contribution in [1.82, 2.24) is 15.5 Å². The molecule has 0 radical (unpaired) electrons. The number of rotatable bonds is 8. The number of benzene rings is 1. The van der Waals surface area contributed by atoms with Gasteiger partial charge >= 0.3 is 0 Å². The van der Waals surface area contributed by atoms with Gasteiger partial charge in [0.2, 0.25) is 5.91 Å². The van der Waals surface area contributed by atoms with Gasteiger partial charge in [-0.3, -0.25) is 9.79 Å². The van der Waals surface area contributed by atoms with E-state index < -0.39 is 0 Å². The number of para-hydroxylation sites is 1. The van der Waals surface area contributed by atoms with Crippen LogP contribution in [0.5, 0.6) is 5.75 Å². The van der Waals surface area contributed by atoms with Gasteiger partial charge in [0.1, 0.15) is 5.75 Å². The van der Waals surface area contributed by atoms with E-state index in [1.54, 1.807) is 26.0 Å². The van der Waals surface area contributed by atoms with E-state index in [-0.39, 0.29) is 29.9 Å². The van der Waals surface area contributed by atoms with Gasteiger partial charge in [-0.15, -0.1) is 24.0 Å². The summed E-state index contributed by atoms with van der Waals surface area (Å²) in [6.45, 7) is 1.98. The summed E-state index contributed by atoms with van der Waals surface area (Å²) in [6, 6.07) is 8.06. The Hall–Kier alpha value is -1.51. The Labute approximate surface area is 167 Å². The van der Waals surface area contributed by atoms with E-state index in [2.05, 4.69) is 21.7 Å². The Morgan fingerprint density at radius 3 is 2.64 bits per heavy atom. The van der Waals surface area contributed by atoms with Crippen LogP contribution in [0.25, 0.3) is 0 Å². The van der Waals surface area contributed by atoms with E-state index in [1.165, 1.54) is 12.8 Å². The predicted octanol–water partition coefficient (Wildman–Crippen LogP) is 2.24. The van der Waals surface area contributed by atoms with E-state index in [0.29, 0.717) is 25.5 Å². The molecule has 1 aromatic carbocycles. The molecule has 0 atom stereocenters. The molecule has 140 valence electrons. The molecule has 25 heavy (non-hydrogen) atoms. The molecule has 0 heterocycles. The minimum atomic E-state index is 0. The van der Waals surface area contributed by atoms with E-state index in [0.717, 1.165) is 23.8 Å². The average molecular weight is 460 g/mol. The molecule has 0 saturated heterocycles. The molecule has 0 aromatic heterocycles. The summed E-state index contributed by atoms with van der Waals surface area (Å²) >= 11 is 0. The molecule has 1 aliphatic rings. The van der Waals surface area contributed by atoms with Gasteiger partial charge in [0.15, 0.2) is 5.96 Å². The third-order valence-electron chi connectivity index (χ3n) is 3.94. The van der Waals surface area contributed by atoms with Crippen molar-refractivity contribution in [3.8, 4) is 5.75 Å². The first-order valence-electron chi connectivity index (χ1n) is 8.45. The van der Waals surface area contributed by atoms with Crippen LogP contribution in [0.15, 0.2) is 29.3 Å². The summed E-state index contributed by atoms with van der Waals surface area (Å²) in [5.74, 6) is 2.43. The summed E-state index contributed by atoms with van der Waals surface area (Å²) in [5, 5.41) is 6.42. The average Bonchev–Trinajstić information content (AvgIpc) is 3.40. The lowest BCUT2D eigenvalue weighted by atomic mass is 10.2. The lowest BCUT2D eigenvalue weighted by Gasteiger charge is -2.15. The molecular formula is C18H29IN4O2.